The van der Waals surface area contributed by atoms with Gasteiger partial charge >= 0.3 is 0 Å². The Labute approximate surface area is 231 Å². The third-order valence-corrected chi connectivity index (χ3v) is 10.1. The lowest BCUT2D eigenvalue weighted by Crippen LogP contribution is -2.45. The number of hydrogen-bond donors (Lipinski definition) is 2. The minimum atomic E-state index is 0.625. The minimum Gasteiger partial charge on any atom is -0.427 e. The van der Waals surface area contributed by atoms with Gasteiger partial charge in [0.2, 0.25) is 0 Å². The Balaban J connectivity index is 1.24. The van der Waals surface area contributed by atoms with E-state index in [2.05, 4.69) is 95.4 Å². The van der Waals surface area contributed by atoms with Crippen LogP contribution in [0, 0.1) is 0 Å². The van der Waals surface area contributed by atoms with Crippen LogP contribution in [0.3, 0.4) is 0 Å². The summed E-state index contributed by atoms with van der Waals surface area (Å²) < 4.78 is 0. The van der Waals surface area contributed by atoms with E-state index >= 15 is 0 Å². The molecule has 0 atom stereocenters. The smallest absolute Gasteiger partial charge is 0.258 e. The Morgan fingerprint density at radius 3 is 1.13 bits per heavy atom. The van der Waals surface area contributed by atoms with Crippen molar-refractivity contribution >= 4 is 25.1 Å². The van der Waals surface area contributed by atoms with E-state index in [4.69, 9.17) is 0 Å². The molecule has 4 heteroatoms. The fourth-order valence-corrected chi connectivity index (χ4v) is 8.18. The van der Waals surface area contributed by atoms with Gasteiger partial charge in [0.05, 0.1) is 0 Å². The van der Waals surface area contributed by atoms with Crippen LogP contribution in [0.15, 0.2) is 85.0 Å². The standard InChI is InChI=1S/C34H44B2N2/c1-3-13-27(14-4-1)33(37-35-29-17-9-18-30(35)20-10-19-29)25-7-8-26-34(28-15-5-2-6-16-28)38-36-31-21-11-22-32(36)24-12-23-31/h1-8,13-16,25-26,29-32,37-38H,9-12,17-24H2. The summed E-state index contributed by atoms with van der Waals surface area (Å²) >= 11 is 0. The molecule has 2 aromatic carbocycles. The van der Waals surface area contributed by atoms with Gasteiger partial charge in [-0.2, -0.15) is 0 Å². The Hall–Kier alpha value is -2.61. The van der Waals surface area contributed by atoms with Gasteiger partial charge in [0.1, 0.15) is 0 Å². The average molecular weight is 502 g/mol. The first-order valence-electron chi connectivity index (χ1n) is 15.6. The van der Waals surface area contributed by atoms with Crippen LogP contribution in [-0.4, -0.2) is 13.7 Å². The summed E-state index contributed by atoms with van der Waals surface area (Å²) in [7, 11) is 0. The quantitative estimate of drug-likeness (QED) is 0.278. The van der Waals surface area contributed by atoms with Crippen LogP contribution in [0.2, 0.25) is 23.3 Å². The maximum absolute atomic E-state index is 4.06. The molecule has 196 valence electrons. The lowest BCUT2D eigenvalue weighted by atomic mass is 9.34. The summed E-state index contributed by atoms with van der Waals surface area (Å²) in [4.78, 5) is 0. The fraction of sp³-hybridized carbons (Fsp3) is 0.471. The summed E-state index contributed by atoms with van der Waals surface area (Å²) in [6.45, 7) is 1.25. The van der Waals surface area contributed by atoms with Gasteiger partial charge in [-0.05, 0) is 46.5 Å². The highest BCUT2D eigenvalue weighted by Crippen LogP contribution is 2.47. The zero-order chi connectivity index (χ0) is 25.6. The van der Waals surface area contributed by atoms with E-state index in [1.165, 1.54) is 99.6 Å². The predicted molar refractivity (Wildman–Crippen MR) is 166 cm³/mol. The molecule has 0 saturated carbocycles. The number of nitrogens with one attached hydrogen (secondary N) is 2. The van der Waals surface area contributed by atoms with E-state index in [1.807, 2.05) is 0 Å². The van der Waals surface area contributed by atoms with E-state index in [-0.39, 0.29) is 0 Å². The van der Waals surface area contributed by atoms with Crippen molar-refractivity contribution in [2.24, 2.45) is 0 Å². The largest absolute Gasteiger partial charge is 0.427 e. The molecule has 2 nitrogen and oxygen atoms in total. The zero-order valence-corrected chi connectivity index (χ0v) is 23.0. The SMILES string of the molecule is C(=CC=C(NB1C2CCCC1CCC2)c1ccccc1)C=C(NB1C2CCCC1CCC2)c1ccccc1. The van der Waals surface area contributed by atoms with E-state index in [0.29, 0.717) is 13.7 Å². The van der Waals surface area contributed by atoms with Crippen LogP contribution in [0.25, 0.3) is 11.4 Å². The fourth-order valence-electron chi connectivity index (χ4n) is 8.18. The first-order valence-corrected chi connectivity index (χ1v) is 15.6. The molecule has 4 saturated heterocycles. The summed E-state index contributed by atoms with van der Waals surface area (Å²) in [5.74, 6) is 3.34. The van der Waals surface area contributed by atoms with Crippen LogP contribution >= 0.6 is 0 Å². The average Bonchev–Trinajstić information content (AvgIpc) is 2.94. The van der Waals surface area contributed by atoms with Gasteiger partial charge in [0.15, 0.2) is 0 Å². The topological polar surface area (TPSA) is 24.1 Å². The molecule has 0 amide bonds. The molecule has 4 heterocycles. The summed E-state index contributed by atoms with van der Waals surface area (Å²) in [5, 5.41) is 8.12. The van der Waals surface area contributed by atoms with Crippen molar-refractivity contribution in [2.75, 3.05) is 0 Å². The van der Waals surface area contributed by atoms with Gasteiger partial charge in [-0.3, -0.25) is 0 Å². The molecule has 6 rings (SSSR count). The van der Waals surface area contributed by atoms with Gasteiger partial charge in [0, 0.05) is 11.4 Å². The number of rotatable bonds is 8. The molecule has 2 N–H and O–H groups in total. The highest BCUT2D eigenvalue weighted by atomic mass is 14.8. The molecule has 4 bridgehead atoms. The second kappa shape index (κ2) is 12.5. The predicted octanol–water partition coefficient (Wildman–Crippen LogP) is 9.00. The molecule has 0 spiro atoms. The molecule has 4 aliphatic rings. The molecular weight excluding hydrogens is 458 g/mol. The van der Waals surface area contributed by atoms with Crippen molar-refractivity contribution in [1.82, 2.24) is 10.5 Å². The molecule has 0 aromatic heterocycles. The van der Waals surface area contributed by atoms with Crippen LogP contribution in [0.5, 0.6) is 0 Å². The van der Waals surface area contributed by atoms with Gasteiger partial charge in [0.25, 0.3) is 13.7 Å². The van der Waals surface area contributed by atoms with Crippen LogP contribution in [0.4, 0.5) is 0 Å². The second-order valence-corrected chi connectivity index (χ2v) is 12.4. The van der Waals surface area contributed by atoms with Gasteiger partial charge in [-0.1, -0.05) is 150 Å². The zero-order valence-electron chi connectivity index (χ0n) is 23.0. The lowest BCUT2D eigenvalue weighted by molar-refractivity contribution is 0.439. The molecule has 2 aromatic rings. The Bertz CT molecular complexity index is 992. The third kappa shape index (κ3) is 6.00. The Kier molecular flexibility index (Phi) is 8.44. The molecule has 38 heavy (non-hydrogen) atoms. The lowest BCUT2D eigenvalue weighted by Gasteiger charge is -2.41. The van der Waals surface area contributed by atoms with Gasteiger partial charge < -0.3 is 10.5 Å². The Morgan fingerprint density at radius 1 is 0.500 bits per heavy atom. The van der Waals surface area contributed by atoms with Gasteiger partial charge in [-0.15, -0.1) is 0 Å². The van der Waals surface area contributed by atoms with Crippen molar-refractivity contribution in [3.63, 3.8) is 0 Å². The van der Waals surface area contributed by atoms with Crippen LogP contribution in [-0.2, 0) is 0 Å². The maximum Gasteiger partial charge on any atom is 0.258 e. The van der Waals surface area contributed by atoms with Crippen molar-refractivity contribution < 1.29 is 0 Å². The van der Waals surface area contributed by atoms with Crippen LogP contribution in [0.1, 0.15) is 88.2 Å². The van der Waals surface area contributed by atoms with Crippen molar-refractivity contribution in [2.45, 2.75) is 100 Å². The number of allylic oxidation sites excluding steroid dienone is 4. The van der Waals surface area contributed by atoms with Crippen molar-refractivity contribution in [1.29, 1.82) is 0 Å². The van der Waals surface area contributed by atoms with Crippen molar-refractivity contribution in [3.8, 4) is 0 Å². The molecule has 4 fully saturated rings. The highest BCUT2D eigenvalue weighted by Gasteiger charge is 2.41. The molecule has 0 aliphatic carbocycles. The van der Waals surface area contributed by atoms with E-state index in [9.17, 15) is 0 Å². The van der Waals surface area contributed by atoms with E-state index < -0.39 is 0 Å². The minimum absolute atomic E-state index is 0.625. The molecule has 0 radical (unpaired) electrons. The summed E-state index contributed by atoms with van der Waals surface area (Å²) in [6, 6.07) is 21.9. The van der Waals surface area contributed by atoms with Gasteiger partial charge in [-0.25, -0.2) is 0 Å². The highest BCUT2D eigenvalue weighted by molar-refractivity contribution is 6.62. The number of hydrogen-bond acceptors (Lipinski definition) is 2. The molecule has 4 aliphatic heterocycles. The van der Waals surface area contributed by atoms with Crippen LogP contribution < -0.4 is 10.5 Å². The van der Waals surface area contributed by atoms with E-state index in [1.54, 1.807) is 0 Å². The number of benzene rings is 2. The van der Waals surface area contributed by atoms with E-state index in [0.717, 1.165) is 23.3 Å². The summed E-state index contributed by atoms with van der Waals surface area (Å²) in [5.41, 5.74) is 5.13. The van der Waals surface area contributed by atoms with Crippen molar-refractivity contribution in [3.05, 3.63) is 96.1 Å². The summed E-state index contributed by atoms with van der Waals surface area (Å²) in [6.07, 6.45) is 25.9. The molecular formula is C34H44B2N2. The Morgan fingerprint density at radius 2 is 0.816 bits per heavy atom. The monoisotopic (exact) mass is 502 g/mol. The first kappa shape index (κ1) is 25.7. The number of fused-ring (bicyclic) bond motifs is 4. The second-order valence-electron chi connectivity index (χ2n) is 12.4. The normalized spacial score (nSPS) is 27.9. The maximum atomic E-state index is 4.06. The molecule has 0 unspecified atom stereocenters. The third-order valence-electron chi connectivity index (χ3n) is 10.1. The first-order chi connectivity index (χ1) is 18.8.